The number of anilines is 1. The van der Waals surface area contributed by atoms with E-state index in [0.717, 1.165) is 15.4 Å². The van der Waals surface area contributed by atoms with Crippen molar-refractivity contribution in [3.05, 3.63) is 82.9 Å². The van der Waals surface area contributed by atoms with Crippen LogP contribution >= 0.6 is 11.6 Å². The molecule has 0 saturated carbocycles. The minimum atomic E-state index is -4.10. The highest BCUT2D eigenvalue weighted by molar-refractivity contribution is 7.92. The fourth-order valence-corrected chi connectivity index (χ4v) is 4.88. The molecular formula is C25H27ClN2O5S. The number of amides is 1. The number of hydrogen-bond donors (Lipinski definition) is 1. The van der Waals surface area contributed by atoms with Crippen LogP contribution in [0.4, 0.5) is 5.69 Å². The summed E-state index contributed by atoms with van der Waals surface area (Å²) in [5.41, 5.74) is 1.91. The second kappa shape index (κ2) is 11.3. The monoisotopic (exact) mass is 502 g/mol. The summed E-state index contributed by atoms with van der Waals surface area (Å²) in [6, 6.07) is 18.4. The molecule has 9 heteroatoms. The van der Waals surface area contributed by atoms with Crippen molar-refractivity contribution in [2.75, 3.05) is 24.6 Å². The molecule has 0 radical (unpaired) electrons. The van der Waals surface area contributed by atoms with E-state index in [0.29, 0.717) is 17.4 Å². The van der Waals surface area contributed by atoms with Gasteiger partial charge in [-0.2, -0.15) is 0 Å². The molecule has 1 N–H and O–H groups in total. The fourth-order valence-electron chi connectivity index (χ4n) is 3.29. The van der Waals surface area contributed by atoms with Gasteiger partial charge in [0.1, 0.15) is 18.0 Å². The number of carbonyl (C=O) groups excluding carboxylic acids is 1. The number of carbonyl (C=O) groups is 1. The van der Waals surface area contributed by atoms with E-state index in [4.69, 9.17) is 21.1 Å². The second-order valence-corrected chi connectivity index (χ2v) is 9.80. The van der Waals surface area contributed by atoms with Crippen LogP contribution < -0.4 is 19.1 Å². The van der Waals surface area contributed by atoms with Crippen molar-refractivity contribution in [3.8, 4) is 11.5 Å². The predicted molar refractivity (Wildman–Crippen MR) is 133 cm³/mol. The fraction of sp³-hybridized carbons (Fsp3) is 0.240. The van der Waals surface area contributed by atoms with Crippen molar-refractivity contribution >= 4 is 33.2 Å². The summed E-state index contributed by atoms with van der Waals surface area (Å²) in [5.74, 6) is 0.485. The zero-order chi connectivity index (χ0) is 24.7. The largest absolute Gasteiger partial charge is 0.495 e. The lowest BCUT2D eigenvalue weighted by molar-refractivity contribution is -0.119. The molecule has 0 aliphatic carbocycles. The summed E-state index contributed by atoms with van der Waals surface area (Å²) < 4.78 is 39.0. The van der Waals surface area contributed by atoms with Crippen molar-refractivity contribution in [1.82, 2.24) is 5.32 Å². The van der Waals surface area contributed by atoms with Gasteiger partial charge >= 0.3 is 0 Å². The van der Waals surface area contributed by atoms with Crippen LogP contribution in [0.25, 0.3) is 0 Å². The van der Waals surface area contributed by atoms with Crippen LogP contribution in [0, 0.1) is 6.92 Å². The van der Waals surface area contributed by atoms with E-state index in [1.165, 1.54) is 25.3 Å². The van der Waals surface area contributed by atoms with Gasteiger partial charge in [0.25, 0.3) is 10.0 Å². The number of aryl methyl sites for hydroxylation is 1. The number of hydrogen-bond acceptors (Lipinski definition) is 5. The Hall–Kier alpha value is -3.23. The van der Waals surface area contributed by atoms with E-state index in [-0.39, 0.29) is 22.9 Å². The number of nitrogens with zero attached hydrogens (tertiary/aromatic N) is 1. The molecule has 0 heterocycles. The SMILES string of the molecule is CCOc1cccc(CNC(=O)CN(c2cc(Cl)ccc2OC)S(=O)(=O)c2ccc(C)cc2)c1. The highest BCUT2D eigenvalue weighted by Gasteiger charge is 2.29. The van der Waals surface area contributed by atoms with Gasteiger partial charge in [-0.25, -0.2) is 8.42 Å². The van der Waals surface area contributed by atoms with Gasteiger partial charge in [-0.1, -0.05) is 41.4 Å². The van der Waals surface area contributed by atoms with Gasteiger partial charge < -0.3 is 14.8 Å². The molecule has 0 bridgehead atoms. The predicted octanol–water partition coefficient (Wildman–Crippen LogP) is 4.57. The first-order valence-corrected chi connectivity index (χ1v) is 12.5. The second-order valence-electron chi connectivity index (χ2n) is 7.50. The average molecular weight is 503 g/mol. The molecule has 1 amide bonds. The van der Waals surface area contributed by atoms with Gasteiger partial charge in [-0.15, -0.1) is 0 Å². The van der Waals surface area contributed by atoms with E-state index in [1.807, 2.05) is 38.1 Å². The van der Waals surface area contributed by atoms with Gasteiger partial charge in [-0.3, -0.25) is 9.10 Å². The summed E-state index contributed by atoms with van der Waals surface area (Å²) in [4.78, 5) is 13.0. The Kier molecular flexibility index (Phi) is 8.41. The summed E-state index contributed by atoms with van der Waals surface area (Å²) >= 11 is 6.16. The molecule has 0 saturated heterocycles. The van der Waals surface area contributed by atoms with Gasteiger partial charge in [-0.05, 0) is 61.9 Å². The molecule has 180 valence electrons. The van der Waals surface area contributed by atoms with Gasteiger partial charge in [0, 0.05) is 11.6 Å². The molecule has 7 nitrogen and oxygen atoms in total. The first-order valence-electron chi connectivity index (χ1n) is 10.7. The molecular weight excluding hydrogens is 476 g/mol. The number of methoxy groups -OCH3 is 1. The third-order valence-electron chi connectivity index (χ3n) is 5.00. The van der Waals surface area contributed by atoms with E-state index >= 15 is 0 Å². The summed E-state index contributed by atoms with van der Waals surface area (Å²) in [6.45, 7) is 4.04. The standard InChI is InChI=1S/C25H27ClN2O5S/c1-4-33-21-7-5-6-19(14-21)16-27-25(29)17-28(23-15-20(26)10-13-24(23)32-3)34(30,31)22-11-8-18(2)9-12-22/h5-15H,4,16-17H2,1-3H3,(H,27,29). The van der Waals surface area contributed by atoms with Crippen LogP contribution in [0.3, 0.4) is 0 Å². The van der Waals surface area contributed by atoms with Crippen molar-refractivity contribution in [2.45, 2.75) is 25.3 Å². The number of nitrogens with one attached hydrogen (secondary N) is 1. The molecule has 3 aromatic carbocycles. The van der Waals surface area contributed by atoms with Crippen molar-refractivity contribution < 1.29 is 22.7 Å². The minimum absolute atomic E-state index is 0.0531. The number of sulfonamides is 1. The molecule has 3 aromatic rings. The topological polar surface area (TPSA) is 84.9 Å². The number of halogens is 1. The van der Waals surface area contributed by atoms with E-state index < -0.39 is 22.5 Å². The molecule has 3 rings (SSSR count). The zero-order valence-corrected chi connectivity index (χ0v) is 20.8. The van der Waals surface area contributed by atoms with Crippen LogP contribution in [0.1, 0.15) is 18.1 Å². The molecule has 0 unspecified atom stereocenters. The highest BCUT2D eigenvalue weighted by atomic mass is 35.5. The first kappa shape index (κ1) is 25.4. The van der Waals surface area contributed by atoms with Crippen LogP contribution in [-0.2, 0) is 21.4 Å². The smallest absolute Gasteiger partial charge is 0.264 e. The molecule has 0 aromatic heterocycles. The quantitative estimate of drug-likeness (QED) is 0.439. The van der Waals surface area contributed by atoms with E-state index in [2.05, 4.69) is 5.32 Å². The van der Waals surface area contributed by atoms with Crippen LogP contribution in [0.5, 0.6) is 11.5 Å². The van der Waals surface area contributed by atoms with Crippen molar-refractivity contribution in [3.63, 3.8) is 0 Å². The third-order valence-corrected chi connectivity index (χ3v) is 7.01. The van der Waals surface area contributed by atoms with Crippen LogP contribution in [0.15, 0.2) is 71.6 Å². The number of ether oxygens (including phenoxy) is 2. The maximum atomic E-state index is 13.6. The normalized spacial score (nSPS) is 11.1. The summed E-state index contributed by atoms with van der Waals surface area (Å²) in [5, 5.41) is 3.09. The van der Waals surface area contributed by atoms with Crippen molar-refractivity contribution in [2.24, 2.45) is 0 Å². The Labute approximate surface area is 205 Å². The van der Waals surface area contributed by atoms with Gasteiger partial charge in [0.15, 0.2) is 0 Å². The summed E-state index contributed by atoms with van der Waals surface area (Å²) in [6.07, 6.45) is 0. The van der Waals surface area contributed by atoms with E-state index in [1.54, 1.807) is 24.3 Å². The third kappa shape index (κ3) is 6.21. The first-order chi connectivity index (χ1) is 16.2. The molecule has 0 fully saturated rings. The molecule has 0 atom stereocenters. The number of benzene rings is 3. The Bertz CT molecular complexity index is 1250. The Morgan fingerprint density at radius 1 is 1.06 bits per heavy atom. The maximum absolute atomic E-state index is 13.6. The molecule has 0 aliphatic heterocycles. The maximum Gasteiger partial charge on any atom is 0.264 e. The average Bonchev–Trinajstić information content (AvgIpc) is 2.82. The zero-order valence-electron chi connectivity index (χ0n) is 19.2. The Morgan fingerprint density at radius 3 is 2.47 bits per heavy atom. The minimum Gasteiger partial charge on any atom is -0.495 e. The van der Waals surface area contributed by atoms with E-state index in [9.17, 15) is 13.2 Å². The molecule has 0 spiro atoms. The van der Waals surface area contributed by atoms with Crippen molar-refractivity contribution in [1.29, 1.82) is 0 Å². The lowest BCUT2D eigenvalue weighted by atomic mass is 10.2. The van der Waals surface area contributed by atoms with Crippen LogP contribution in [-0.4, -0.2) is 34.6 Å². The lowest BCUT2D eigenvalue weighted by Crippen LogP contribution is -2.40. The van der Waals surface area contributed by atoms with Gasteiger partial charge in [0.2, 0.25) is 5.91 Å². The van der Waals surface area contributed by atoms with Gasteiger partial charge in [0.05, 0.1) is 24.3 Å². The Balaban J connectivity index is 1.90. The highest BCUT2D eigenvalue weighted by Crippen LogP contribution is 2.34. The Morgan fingerprint density at radius 2 is 1.79 bits per heavy atom. The number of rotatable bonds is 10. The van der Waals surface area contributed by atoms with Crippen LogP contribution in [0.2, 0.25) is 5.02 Å². The molecule has 0 aliphatic rings. The summed E-state index contributed by atoms with van der Waals surface area (Å²) in [7, 11) is -2.67. The lowest BCUT2D eigenvalue weighted by Gasteiger charge is -2.26. The molecule has 34 heavy (non-hydrogen) atoms.